The van der Waals surface area contributed by atoms with E-state index in [-0.39, 0.29) is 10.6 Å². The number of nitrogens with zero attached hydrogens (tertiary/aromatic N) is 2. The normalized spacial score (nSPS) is 25.8. The van der Waals surface area contributed by atoms with Crippen LogP contribution in [0.4, 0.5) is 5.69 Å². The van der Waals surface area contributed by atoms with Gasteiger partial charge in [-0.3, -0.25) is 10.1 Å². The number of piperidine rings is 1. The number of nitro benzene ring substituents is 1. The quantitative estimate of drug-likeness (QED) is 0.483. The number of hydrogen-bond donors (Lipinski definition) is 0. The lowest BCUT2D eigenvalue weighted by molar-refractivity contribution is -0.384. The number of rotatable bonds is 3. The molecule has 2 bridgehead atoms. The van der Waals surface area contributed by atoms with E-state index in [9.17, 15) is 18.5 Å². The highest BCUT2D eigenvalue weighted by molar-refractivity contribution is 7.89. The highest BCUT2D eigenvalue weighted by Gasteiger charge is 2.35. The number of fused-ring (bicyclic) bond motifs is 2. The van der Waals surface area contributed by atoms with Crippen LogP contribution in [0.5, 0.6) is 0 Å². The molecule has 2 atom stereocenters. The maximum atomic E-state index is 12.5. The molecule has 1 saturated heterocycles. The summed E-state index contributed by atoms with van der Waals surface area (Å²) in [6, 6.07) is 5.06. The van der Waals surface area contributed by atoms with Gasteiger partial charge in [-0.25, -0.2) is 8.42 Å². The van der Waals surface area contributed by atoms with E-state index in [0.717, 1.165) is 6.42 Å². The van der Waals surface area contributed by atoms with Crippen LogP contribution < -0.4 is 0 Å². The minimum atomic E-state index is -3.56. The Kier molecular flexibility index (Phi) is 3.10. The predicted molar refractivity (Wildman–Crippen MR) is 72.6 cm³/mol. The predicted octanol–water partition coefficient (Wildman–Crippen LogP) is 1.79. The summed E-state index contributed by atoms with van der Waals surface area (Å²) in [6.07, 6.45) is 5.18. The Morgan fingerprint density at radius 3 is 2.15 bits per heavy atom. The number of sulfonamides is 1. The fraction of sp³-hybridized carbons (Fsp3) is 0.385. The highest BCUT2D eigenvalue weighted by Crippen LogP contribution is 2.33. The molecule has 1 aliphatic carbocycles. The van der Waals surface area contributed by atoms with Gasteiger partial charge in [0, 0.05) is 25.2 Å². The second-order valence-electron chi connectivity index (χ2n) is 5.21. The smallest absolute Gasteiger partial charge is 0.258 e. The molecule has 0 radical (unpaired) electrons. The van der Waals surface area contributed by atoms with Gasteiger partial charge in [0.05, 0.1) is 9.82 Å². The third-order valence-electron chi connectivity index (χ3n) is 3.82. The highest BCUT2D eigenvalue weighted by atomic mass is 32.2. The summed E-state index contributed by atoms with van der Waals surface area (Å²) in [7, 11) is -3.56. The lowest BCUT2D eigenvalue weighted by atomic mass is 9.99. The Hall–Kier alpha value is -1.73. The molecule has 0 spiro atoms. The second kappa shape index (κ2) is 4.68. The first-order valence-electron chi connectivity index (χ1n) is 6.40. The van der Waals surface area contributed by atoms with Crippen LogP contribution >= 0.6 is 0 Å². The zero-order valence-electron chi connectivity index (χ0n) is 10.7. The summed E-state index contributed by atoms with van der Waals surface area (Å²) in [5, 5.41) is 10.6. The van der Waals surface area contributed by atoms with Crippen molar-refractivity contribution in [1.82, 2.24) is 4.31 Å². The largest absolute Gasteiger partial charge is 0.269 e. The van der Waals surface area contributed by atoms with Gasteiger partial charge >= 0.3 is 0 Å². The SMILES string of the molecule is O=[N+]([O-])c1ccc(S(=O)(=O)N2C[C@H]3C=C[C@@H](C3)C2)cc1. The van der Waals surface area contributed by atoms with E-state index in [4.69, 9.17) is 0 Å². The molecule has 1 aromatic rings. The second-order valence-corrected chi connectivity index (χ2v) is 7.15. The summed E-state index contributed by atoms with van der Waals surface area (Å²) in [4.78, 5) is 10.2. The molecule has 1 aliphatic heterocycles. The first kappa shape index (κ1) is 13.3. The molecule has 6 nitrogen and oxygen atoms in total. The monoisotopic (exact) mass is 294 g/mol. The van der Waals surface area contributed by atoms with Crippen LogP contribution in [0.15, 0.2) is 41.3 Å². The van der Waals surface area contributed by atoms with Gasteiger partial charge in [-0.1, -0.05) is 12.2 Å². The first-order valence-corrected chi connectivity index (χ1v) is 7.84. The molecule has 2 aliphatic rings. The molecule has 1 heterocycles. The summed E-state index contributed by atoms with van der Waals surface area (Å²) in [6.45, 7) is 0.985. The summed E-state index contributed by atoms with van der Waals surface area (Å²) < 4.78 is 26.5. The van der Waals surface area contributed by atoms with E-state index in [2.05, 4.69) is 12.2 Å². The fourth-order valence-electron chi connectivity index (χ4n) is 2.81. The van der Waals surface area contributed by atoms with Crippen molar-refractivity contribution in [2.24, 2.45) is 11.8 Å². The van der Waals surface area contributed by atoms with Gasteiger partial charge in [-0.05, 0) is 30.4 Å². The van der Waals surface area contributed by atoms with Crippen molar-refractivity contribution in [1.29, 1.82) is 0 Å². The van der Waals surface area contributed by atoms with Gasteiger partial charge in [-0.2, -0.15) is 4.31 Å². The van der Waals surface area contributed by atoms with Crippen molar-refractivity contribution < 1.29 is 13.3 Å². The van der Waals surface area contributed by atoms with E-state index in [0.29, 0.717) is 24.9 Å². The topological polar surface area (TPSA) is 80.5 Å². The summed E-state index contributed by atoms with van der Waals surface area (Å²) in [5.41, 5.74) is -0.107. The standard InChI is InChI=1S/C13H14N2O4S/c16-15(17)12-3-5-13(6-4-12)20(18,19)14-8-10-1-2-11(7-10)9-14/h1-6,10-11H,7-9H2/t10-,11-/m0/s1. The molecule has 0 unspecified atom stereocenters. The molecule has 1 aromatic carbocycles. The van der Waals surface area contributed by atoms with Crippen molar-refractivity contribution in [3.8, 4) is 0 Å². The van der Waals surface area contributed by atoms with Crippen molar-refractivity contribution in [3.05, 3.63) is 46.5 Å². The van der Waals surface area contributed by atoms with Gasteiger partial charge in [0.15, 0.2) is 0 Å². The van der Waals surface area contributed by atoms with Gasteiger partial charge in [0.2, 0.25) is 10.0 Å². The summed E-state index contributed by atoms with van der Waals surface area (Å²) in [5.74, 6) is 0.586. The Morgan fingerprint density at radius 1 is 1.10 bits per heavy atom. The lowest BCUT2D eigenvalue weighted by Crippen LogP contribution is -2.41. The molecule has 0 saturated carbocycles. The van der Waals surface area contributed by atoms with Crippen LogP contribution in [0, 0.1) is 22.0 Å². The molecule has 0 N–H and O–H groups in total. The van der Waals surface area contributed by atoms with E-state index in [1.54, 1.807) is 0 Å². The molecule has 1 fully saturated rings. The minimum Gasteiger partial charge on any atom is -0.258 e. The van der Waals surface area contributed by atoms with Crippen LogP contribution in [0.2, 0.25) is 0 Å². The summed E-state index contributed by atoms with van der Waals surface area (Å²) >= 11 is 0. The van der Waals surface area contributed by atoms with Crippen LogP contribution in [0.1, 0.15) is 6.42 Å². The average molecular weight is 294 g/mol. The number of nitro groups is 1. The Labute approximate surface area is 116 Å². The molecular weight excluding hydrogens is 280 g/mol. The molecular formula is C13H14N2O4S. The molecule has 0 amide bonds. The third-order valence-corrected chi connectivity index (χ3v) is 5.67. The number of benzene rings is 1. The lowest BCUT2D eigenvalue weighted by Gasteiger charge is -2.31. The third kappa shape index (κ3) is 2.23. The van der Waals surface area contributed by atoms with Gasteiger partial charge in [-0.15, -0.1) is 0 Å². The molecule has 3 rings (SSSR count). The van der Waals surface area contributed by atoms with E-state index >= 15 is 0 Å². The van der Waals surface area contributed by atoms with E-state index in [1.807, 2.05) is 0 Å². The zero-order valence-corrected chi connectivity index (χ0v) is 11.5. The van der Waals surface area contributed by atoms with Crippen LogP contribution in [0.3, 0.4) is 0 Å². The minimum absolute atomic E-state index is 0.107. The van der Waals surface area contributed by atoms with Crippen molar-refractivity contribution in [2.75, 3.05) is 13.1 Å². The molecule has 20 heavy (non-hydrogen) atoms. The molecule has 7 heteroatoms. The van der Waals surface area contributed by atoms with Crippen molar-refractivity contribution in [3.63, 3.8) is 0 Å². The first-order chi connectivity index (χ1) is 9.46. The molecule has 106 valence electrons. The number of hydrogen-bond acceptors (Lipinski definition) is 4. The van der Waals surface area contributed by atoms with E-state index in [1.165, 1.54) is 28.6 Å². The Bertz CT molecular complexity index is 652. The molecule has 0 aromatic heterocycles. The fourth-order valence-corrected chi connectivity index (χ4v) is 4.37. The number of non-ortho nitro benzene ring substituents is 1. The Morgan fingerprint density at radius 2 is 1.65 bits per heavy atom. The maximum Gasteiger partial charge on any atom is 0.269 e. The zero-order chi connectivity index (χ0) is 14.3. The van der Waals surface area contributed by atoms with Crippen LogP contribution in [-0.2, 0) is 10.0 Å². The van der Waals surface area contributed by atoms with Crippen LogP contribution in [-0.4, -0.2) is 30.7 Å². The average Bonchev–Trinajstić information content (AvgIpc) is 2.77. The van der Waals surface area contributed by atoms with E-state index < -0.39 is 14.9 Å². The van der Waals surface area contributed by atoms with Gasteiger partial charge < -0.3 is 0 Å². The van der Waals surface area contributed by atoms with Crippen molar-refractivity contribution in [2.45, 2.75) is 11.3 Å². The van der Waals surface area contributed by atoms with Gasteiger partial charge in [0.1, 0.15) is 0 Å². The maximum absolute atomic E-state index is 12.5. The van der Waals surface area contributed by atoms with Crippen LogP contribution in [0.25, 0.3) is 0 Å². The van der Waals surface area contributed by atoms with Gasteiger partial charge in [0.25, 0.3) is 5.69 Å². The Balaban J connectivity index is 1.86. The van der Waals surface area contributed by atoms with Crippen molar-refractivity contribution >= 4 is 15.7 Å².